The maximum absolute atomic E-state index is 2.45. The Kier molecular flexibility index (Phi) is 8.83. The summed E-state index contributed by atoms with van der Waals surface area (Å²) in [7, 11) is 0. The molecule has 2 heteroatoms. The maximum atomic E-state index is 2.45. The van der Waals surface area contributed by atoms with Crippen LogP contribution in [0.1, 0.15) is 61.8 Å². The topological polar surface area (TPSA) is 8.17 Å². The molecule has 0 saturated carbocycles. The van der Waals surface area contributed by atoms with Crippen molar-refractivity contribution in [3.8, 4) is 28.1 Å². The number of nitrogens with zero attached hydrogens (tertiary/aromatic N) is 2. The molecule has 1 heterocycles. The Morgan fingerprint density at radius 3 is 1.71 bits per heavy atom. The summed E-state index contributed by atoms with van der Waals surface area (Å²) in [5, 5.41) is 1.23. The smallest absolute Gasteiger partial charge is 0.0541 e. The van der Waals surface area contributed by atoms with Crippen LogP contribution in [0.5, 0.6) is 0 Å². The predicted octanol–water partition coefficient (Wildman–Crippen LogP) is 14.3. The normalized spacial score (nSPS) is 15.4. The third-order valence-electron chi connectivity index (χ3n) is 11.3. The van der Waals surface area contributed by atoms with Crippen molar-refractivity contribution in [2.45, 2.75) is 44.9 Å². The van der Waals surface area contributed by atoms with Gasteiger partial charge in [0, 0.05) is 34.1 Å². The van der Waals surface area contributed by atoms with Gasteiger partial charge in [-0.25, -0.2) is 0 Å². The molecule has 0 unspecified atom stereocenters. The molecule has 0 spiro atoms. The zero-order valence-electron chi connectivity index (χ0n) is 32.0. The van der Waals surface area contributed by atoms with Gasteiger partial charge in [0.25, 0.3) is 0 Å². The molecule has 0 radical (unpaired) electrons. The summed E-state index contributed by atoms with van der Waals surface area (Å²) >= 11 is 0. The van der Waals surface area contributed by atoms with Crippen LogP contribution in [-0.2, 0) is 5.41 Å². The number of anilines is 2. The predicted molar refractivity (Wildman–Crippen MR) is 233 cm³/mol. The van der Waals surface area contributed by atoms with Gasteiger partial charge in [-0.2, -0.15) is 0 Å². The van der Waals surface area contributed by atoms with E-state index in [1.54, 1.807) is 0 Å². The Bertz CT molecular complexity index is 2570. The number of rotatable bonds is 7. The molecule has 55 heavy (non-hydrogen) atoms. The number of allylic oxidation sites excluding steroid dienone is 1. The van der Waals surface area contributed by atoms with Gasteiger partial charge < -0.3 is 9.47 Å². The molecule has 0 N–H and O–H groups in total. The van der Waals surface area contributed by atoms with E-state index in [1.165, 1.54) is 66.9 Å². The highest BCUT2D eigenvalue weighted by atomic mass is 15.2. The fourth-order valence-electron chi connectivity index (χ4n) is 8.48. The van der Waals surface area contributed by atoms with Crippen LogP contribution in [-0.4, -0.2) is 4.57 Å². The van der Waals surface area contributed by atoms with Crippen LogP contribution in [0.25, 0.3) is 45.1 Å². The molecule has 1 aliphatic rings. The van der Waals surface area contributed by atoms with E-state index in [-0.39, 0.29) is 17.3 Å². The van der Waals surface area contributed by atoms with Crippen molar-refractivity contribution in [3.05, 3.63) is 216 Å². The van der Waals surface area contributed by atoms with E-state index in [1.807, 2.05) is 0 Å². The Labute approximate surface area is 325 Å². The van der Waals surface area contributed by atoms with Crippen LogP contribution < -0.4 is 4.90 Å². The van der Waals surface area contributed by atoms with Crippen molar-refractivity contribution in [1.29, 1.82) is 0 Å². The average molecular weight is 711 g/mol. The summed E-state index contributed by atoms with van der Waals surface area (Å²) in [6.07, 6.45) is 2.43. The van der Waals surface area contributed by atoms with Gasteiger partial charge in [-0.05, 0) is 105 Å². The Balaban J connectivity index is 1.19. The van der Waals surface area contributed by atoms with Crippen LogP contribution in [0.2, 0.25) is 0 Å². The van der Waals surface area contributed by atoms with E-state index >= 15 is 0 Å². The molecule has 0 amide bonds. The number of hydrogen-bond acceptors (Lipinski definition) is 1. The minimum absolute atomic E-state index is 0.0904. The van der Waals surface area contributed by atoms with Gasteiger partial charge >= 0.3 is 0 Å². The largest absolute Gasteiger partial charge is 0.314 e. The zero-order valence-corrected chi connectivity index (χ0v) is 32.0. The fraction of sp³-hybridized carbons (Fsp3) is 0.132. The van der Waals surface area contributed by atoms with Gasteiger partial charge in [0.2, 0.25) is 0 Å². The summed E-state index contributed by atoms with van der Waals surface area (Å²) in [5.41, 5.74) is 16.2. The summed E-state index contributed by atoms with van der Waals surface area (Å²) in [6, 6.07) is 68.9. The van der Waals surface area contributed by atoms with Crippen molar-refractivity contribution < 1.29 is 0 Å². The van der Waals surface area contributed by atoms with Crippen LogP contribution in [0, 0.1) is 0 Å². The molecule has 9 rings (SSSR count). The summed E-state index contributed by atoms with van der Waals surface area (Å²) < 4.78 is 2.43. The Hall–Kier alpha value is -6.38. The molecule has 8 aromatic rings. The molecule has 0 aliphatic heterocycles. The third-order valence-corrected chi connectivity index (χ3v) is 11.3. The number of hydrogen-bond donors (Lipinski definition) is 0. The van der Waals surface area contributed by atoms with Crippen molar-refractivity contribution in [1.82, 2.24) is 4.57 Å². The lowest BCUT2D eigenvalue weighted by atomic mass is 9.73. The van der Waals surface area contributed by atoms with Crippen molar-refractivity contribution in [2.75, 3.05) is 4.90 Å². The first-order valence-corrected chi connectivity index (χ1v) is 19.5. The van der Waals surface area contributed by atoms with E-state index in [4.69, 9.17) is 0 Å². The minimum Gasteiger partial charge on any atom is -0.314 e. The Morgan fingerprint density at radius 2 is 1.09 bits per heavy atom. The number of para-hydroxylation sites is 2. The van der Waals surface area contributed by atoms with Crippen molar-refractivity contribution in [2.24, 2.45) is 0 Å². The highest BCUT2D eigenvalue weighted by molar-refractivity contribution is 5.92. The van der Waals surface area contributed by atoms with Crippen molar-refractivity contribution >= 4 is 28.4 Å². The maximum Gasteiger partial charge on any atom is 0.0541 e. The lowest BCUT2D eigenvalue weighted by Crippen LogP contribution is -2.27. The minimum atomic E-state index is 0.0904. The number of benzene rings is 7. The second-order valence-electron chi connectivity index (χ2n) is 15.9. The molecule has 0 fully saturated rings. The van der Waals surface area contributed by atoms with E-state index in [0.29, 0.717) is 0 Å². The second-order valence-corrected chi connectivity index (χ2v) is 15.9. The fourth-order valence-corrected chi connectivity index (χ4v) is 8.48. The Morgan fingerprint density at radius 1 is 0.527 bits per heavy atom. The SMILES string of the molecule is C[C@@H]1c2cc(-c3ccc4cc(-c5ccccc5)n(-c5ccc(C(C)(C)C)cc5)c4c3)ccc2C=C(N(c2ccccc2)c2ccccc2)[C@@H]1c1ccccc1. The summed E-state index contributed by atoms with van der Waals surface area (Å²) in [5.74, 6) is 0.374. The lowest BCUT2D eigenvalue weighted by Gasteiger charge is -2.39. The number of aromatic nitrogens is 1. The summed E-state index contributed by atoms with van der Waals surface area (Å²) in [6.45, 7) is 9.23. The van der Waals surface area contributed by atoms with Crippen molar-refractivity contribution in [3.63, 3.8) is 0 Å². The van der Waals surface area contributed by atoms with Crippen LogP contribution in [0.4, 0.5) is 11.4 Å². The second kappa shape index (κ2) is 14.1. The molecule has 2 atom stereocenters. The van der Waals surface area contributed by atoms with E-state index in [2.05, 4.69) is 231 Å². The van der Waals surface area contributed by atoms with Crippen LogP contribution >= 0.6 is 0 Å². The van der Waals surface area contributed by atoms with Gasteiger partial charge in [0.05, 0.1) is 11.2 Å². The van der Waals surface area contributed by atoms with E-state index in [0.717, 1.165) is 11.4 Å². The zero-order chi connectivity index (χ0) is 37.5. The quantitative estimate of drug-likeness (QED) is 0.160. The van der Waals surface area contributed by atoms with E-state index < -0.39 is 0 Å². The van der Waals surface area contributed by atoms with Gasteiger partial charge in [-0.3, -0.25) is 0 Å². The molecule has 7 aromatic carbocycles. The standard InChI is InChI=1S/C53H46N2/c1-37-48-33-40(41-26-28-43-36-49(38-17-9-5-10-18-38)55(50(43)34-41)47-31-29-44(30-32-47)53(2,3)4)25-27-42(48)35-51(52(37)39-19-11-6-12-20-39)54(45-21-13-7-14-22-45)46-23-15-8-16-24-46/h5-37,52H,1-4H3/t37-,52+/m1/s1. The first-order valence-electron chi connectivity index (χ1n) is 19.5. The number of fused-ring (bicyclic) bond motifs is 2. The molecule has 0 bridgehead atoms. The van der Waals surface area contributed by atoms with Crippen LogP contribution in [0.15, 0.2) is 194 Å². The van der Waals surface area contributed by atoms with E-state index in [9.17, 15) is 0 Å². The molecule has 2 nitrogen and oxygen atoms in total. The molecule has 1 aromatic heterocycles. The molecule has 0 saturated heterocycles. The van der Waals surface area contributed by atoms with Gasteiger partial charge in [0.15, 0.2) is 0 Å². The highest BCUT2D eigenvalue weighted by Crippen LogP contribution is 2.49. The van der Waals surface area contributed by atoms with Crippen LogP contribution in [0.3, 0.4) is 0 Å². The monoisotopic (exact) mass is 710 g/mol. The molecule has 268 valence electrons. The molecular formula is C53H46N2. The van der Waals surface area contributed by atoms with Gasteiger partial charge in [-0.15, -0.1) is 0 Å². The first-order chi connectivity index (χ1) is 26.8. The first kappa shape index (κ1) is 34.4. The van der Waals surface area contributed by atoms with Gasteiger partial charge in [-0.1, -0.05) is 167 Å². The summed E-state index contributed by atoms with van der Waals surface area (Å²) in [4.78, 5) is 2.45. The lowest BCUT2D eigenvalue weighted by molar-refractivity contribution is 0.590. The highest BCUT2D eigenvalue weighted by Gasteiger charge is 2.34. The molecular weight excluding hydrogens is 665 g/mol. The third kappa shape index (κ3) is 6.49. The molecule has 1 aliphatic carbocycles. The van der Waals surface area contributed by atoms with Gasteiger partial charge in [0.1, 0.15) is 0 Å². The average Bonchev–Trinajstić information content (AvgIpc) is 3.61.